The van der Waals surface area contributed by atoms with Crippen LogP contribution in [0.2, 0.25) is 0 Å². The van der Waals surface area contributed by atoms with Crippen molar-refractivity contribution < 1.29 is 4.74 Å². The molecule has 2 aromatic rings. The Bertz CT molecular complexity index is 531. The summed E-state index contributed by atoms with van der Waals surface area (Å²) in [5, 5.41) is 7.23. The Kier molecular flexibility index (Phi) is 5.04. The van der Waals surface area contributed by atoms with Gasteiger partial charge in [-0.25, -0.2) is 0 Å². The fraction of sp³-hybridized carbons (Fsp3) is 0.438. The van der Waals surface area contributed by atoms with Crippen molar-refractivity contribution in [1.82, 2.24) is 10.2 Å². The number of nitrogens with one attached hydrogen (secondary N) is 1. The average Bonchev–Trinajstić information content (AvgIpc) is 2.85. The zero-order valence-corrected chi connectivity index (χ0v) is 12.3. The van der Waals surface area contributed by atoms with Gasteiger partial charge in [0.1, 0.15) is 5.75 Å². The van der Waals surface area contributed by atoms with Gasteiger partial charge in [0.05, 0.1) is 7.11 Å². The van der Waals surface area contributed by atoms with Gasteiger partial charge in [-0.2, -0.15) is 5.10 Å². The molecule has 0 atom stereocenters. The quantitative estimate of drug-likeness (QED) is 0.754. The number of hydrogen-bond acceptors (Lipinski definition) is 3. The molecule has 1 heterocycles. The summed E-state index contributed by atoms with van der Waals surface area (Å²) in [5.41, 5.74) is 9.25. The van der Waals surface area contributed by atoms with Gasteiger partial charge in [-0.3, -0.25) is 5.10 Å². The molecule has 0 aliphatic rings. The van der Waals surface area contributed by atoms with Crippen LogP contribution in [0.4, 0.5) is 5.82 Å². The first-order valence-corrected chi connectivity index (χ1v) is 7.23. The molecule has 0 radical (unpaired) electrons. The molecule has 2 rings (SSSR count). The maximum atomic E-state index is 6.00. The summed E-state index contributed by atoms with van der Waals surface area (Å²) >= 11 is 0. The first-order chi connectivity index (χ1) is 9.76. The molecule has 4 heteroatoms. The third kappa shape index (κ3) is 3.32. The smallest absolute Gasteiger partial charge is 0.153 e. The van der Waals surface area contributed by atoms with Gasteiger partial charge in [-0.05, 0) is 30.5 Å². The van der Waals surface area contributed by atoms with Crippen LogP contribution < -0.4 is 10.5 Å². The number of nitrogens with two attached hydrogens (primary N) is 1. The van der Waals surface area contributed by atoms with E-state index in [1.54, 1.807) is 7.11 Å². The predicted molar refractivity (Wildman–Crippen MR) is 82.8 cm³/mol. The Hall–Kier alpha value is -1.97. The van der Waals surface area contributed by atoms with Crippen LogP contribution in [0.3, 0.4) is 0 Å². The van der Waals surface area contributed by atoms with E-state index in [1.807, 2.05) is 24.3 Å². The SMILES string of the molecule is CCCCCCc1[nH]nc(N)c1-c1ccc(OC)cc1. The van der Waals surface area contributed by atoms with Crippen LogP contribution in [0.1, 0.15) is 38.3 Å². The Morgan fingerprint density at radius 1 is 1.15 bits per heavy atom. The molecule has 1 aromatic carbocycles. The molecule has 0 unspecified atom stereocenters. The van der Waals surface area contributed by atoms with Gasteiger partial charge >= 0.3 is 0 Å². The highest BCUT2D eigenvalue weighted by molar-refractivity contribution is 5.76. The Balaban J connectivity index is 2.15. The molecule has 0 spiro atoms. The molecule has 0 aliphatic carbocycles. The van der Waals surface area contributed by atoms with E-state index in [1.165, 1.54) is 25.7 Å². The number of methoxy groups -OCH3 is 1. The number of aryl methyl sites for hydroxylation is 1. The number of benzene rings is 1. The summed E-state index contributed by atoms with van der Waals surface area (Å²) < 4.78 is 5.18. The van der Waals surface area contributed by atoms with Gasteiger partial charge in [0.15, 0.2) is 5.82 Å². The van der Waals surface area contributed by atoms with E-state index in [4.69, 9.17) is 10.5 Å². The molecule has 4 nitrogen and oxygen atoms in total. The second-order valence-corrected chi connectivity index (χ2v) is 5.00. The lowest BCUT2D eigenvalue weighted by Gasteiger charge is -2.06. The van der Waals surface area contributed by atoms with Crippen molar-refractivity contribution in [1.29, 1.82) is 0 Å². The molecule has 108 valence electrons. The van der Waals surface area contributed by atoms with Crippen molar-refractivity contribution in [2.75, 3.05) is 12.8 Å². The molecule has 0 saturated heterocycles. The normalized spacial score (nSPS) is 10.7. The van der Waals surface area contributed by atoms with Crippen molar-refractivity contribution >= 4 is 5.82 Å². The minimum absolute atomic E-state index is 0.570. The Labute approximate surface area is 120 Å². The van der Waals surface area contributed by atoms with Gasteiger partial charge in [0.25, 0.3) is 0 Å². The van der Waals surface area contributed by atoms with Crippen LogP contribution in [0.15, 0.2) is 24.3 Å². The standard InChI is InChI=1S/C16H23N3O/c1-3-4-5-6-7-14-15(16(17)19-18-14)12-8-10-13(20-2)11-9-12/h8-11H,3-7H2,1-2H3,(H3,17,18,19). The van der Waals surface area contributed by atoms with Gasteiger partial charge in [0, 0.05) is 11.3 Å². The van der Waals surface area contributed by atoms with Crippen molar-refractivity contribution in [3.05, 3.63) is 30.0 Å². The largest absolute Gasteiger partial charge is 0.497 e. The van der Waals surface area contributed by atoms with Crippen molar-refractivity contribution in [3.63, 3.8) is 0 Å². The molecule has 0 saturated carbocycles. The van der Waals surface area contributed by atoms with Gasteiger partial charge in [0.2, 0.25) is 0 Å². The fourth-order valence-corrected chi connectivity index (χ4v) is 2.38. The van der Waals surface area contributed by atoms with E-state index in [9.17, 15) is 0 Å². The molecular weight excluding hydrogens is 250 g/mol. The number of hydrogen-bond donors (Lipinski definition) is 2. The molecule has 0 aliphatic heterocycles. The number of H-pyrrole nitrogens is 1. The first kappa shape index (κ1) is 14.4. The summed E-state index contributed by atoms with van der Waals surface area (Å²) in [6.07, 6.45) is 5.93. The van der Waals surface area contributed by atoms with E-state index >= 15 is 0 Å². The van der Waals surface area contributed by atoms with Crippen LogP contribution >= 0.6 is 0 Å². The number of rotatable bonds is 7. The molecular formula is C16H23N3O. The highest BCUT2D eigenvalue weighted by atomic mass is 16.5. The van der Waals surface area contributed by atoms with Crippen LogP contribution in [0, 0.1) is 0 Å². The van der Waals surface area contributed by atoms with Crippen LogP contribution in [0.25, 0.3) is 11.1 Å². The number of ether oxygens (including phenoxy) is 1. The highest BCUT2D eigenvalue weighted by Gasteiger charge is 2.12. The van der Waals surface area contributed by atoms with Gasteiger partial charge in [-0.15, -0.1) is 0 Å². The lowest BCUT2D eigenvalue weighted by molar-refractivity contribution is 0.415. The van der Waals surface area contributed by atoms with Crippen LogP contribution in [0.5, 0.6) is 5.75 Å². The van der Waals surface area contributed by atoms with E-state index in [0.29, 0.717) is 5.82 Å². The third-order valence-electron chi connectivity index (χ3n) is 3.53. The van der Waals surface area contributed by atoms with E-state index in [-0.39, 0.29) is 0 Å². The minimum atomic E-state index is 0.570. The van der Waals surface area contributed by atoms with Gasteiger partial charge in [-0.1, -0.05) is 38.3 Å². The average molecular weight is 273 g/mol. The number of nitrogens with zero attached hydrogens (tertiary/aromatic N) is 1. The summed E-state index contributed by atoms with van der Waals surface area (Å²) in [5.74, 6) is 1.42. The first-order valence-electron chi connectivity index (χ1n) is 7.23. The molecule has 3 N–H and O–H groups in total. The number of unbranched alkanes of at least 4 members (excludes halogenated alkanes) is 3. The van der Waals surface area contributed by atoms with Crippen molar-refractivity contribution in [3.8, 4) is 16.9 Å². The summed E-state index contributed by atoms with van der Waals surface area (Å²) in [6, 6.07) is 7.94. The summed E-state index contributed by atoms with van der Waals surface area (Å²) in [4.78, 5) is 0. The molecule has 1 aromatic heterocycles. The zero-order valence-electron chi connectivity index (χ0n) is 12.3. The van der Waals surface area contributed by atoms with E-state index < -0.39 is 0 Å². The number of anilines is 1. The predicted octanol–water partition coefficient (Wildman–Crippen LogP) is 3.79. The Morgan fingerprint density at radius 3 is 2.55 bits per heavy atom. The number of nitrogen functional groups attached to an aromatic ring is 1. The summed E-state index contributed by atoms with van der Waals surface area (Å²) in [7, 11) is 1.67. The Morgan fingerprint density at radius 2 is 1.90 bits per heavy atom. The summed E-state index contributed by atoms with van der Waals surface area (Å²) in [6.45, 7) is 2.22. The maximum Gasteiger partial charge on any atom is 0.153 e. The molecule has 0 amide bonds. The minimum Gasteiger partial charge on any atom is -0.497 e. The van der Waals surface area contributed by atoms with Crippen molar-refractivity contribution in [2.24, 2.45) is 0 Å². The molecule has 0 bridgehead atoms. The monoisotopic (exact) mass is 273 g/mol. The van der Waals surface area contributed by atoms with E-state index in [0.717, 1.165) is 29.0 Å². The molecule has 20 heavy (non-hydrogen) atoms. The lowest BCUT2D eigenvalue weighted by atomic mass is 10.0. The highest BCUT2D eigenvalue weighted by Crippen LogP contribution is 2.30. The second-order valence-electron chi connectivity index (χ2n) is 5.00. The lowest BCUT2D eigenvalue weighted by Crippen LogP contribution is -1.92. The fourth-order valence-electron chi connectivity index (χ4n) is 2.38. The van der Waals surface area contributed by atoms with E-state index in [2.05, 4.69) is 17.1 Å². The third-order valence-corrected chi connectivity index (χ3v) is 3.53. The number of aromatic nitrogens is 2. The van der Waals surface area contributed by atoms with Gasteiger partial charge < -0.3 is 10.5 Å². The number of aromatic amines is 1. The van der Waals surface area contributed by atoms with Crippen molar-refractivity contribution in [2.45, 2.75) is 39.0 Å². The van der Waals surface area contributed by atoms with Crippen LogP contribution in [-0.2, 0) is 6.42 Å². The maximum absolute atomic E-state index is 6.00. The second kappa shape index (κ2) is 6.98. The topological polar surface area (TPSA) is 63.9 Å². The molecule has 0 fully saturated rings. The van der Waals surface area contributed by atoms with Crippen LogP contribution in [-0.4, -0.2) is 17.3 Å². The zero-order chi connectivity index (χ0) is 14.4.